The fraction of sp³-hybridized carbons (Fsp3) is 0.909. The van der Waals surface area contributed by atoms with Gasteiger partial charge in [0.2, 0.25) is 0 Å². The first-order chi connectivity index (χ1) is 6.93. The molecule has 0 aromatic carbocycles. The number of aliphatic carboxylic acids is 1. The Morgan fingerprint density at radius 2 is 2.00 bits per heavy atom. The van der Waals surface area contributed by atoms with Gasteiger partial charge in [-0.25, -0.2) is 0 Å². The lowest BCUT2D eigenvalue weighted by Crippen LogP contribution is -2.33. The number of hydrogen-bond donors (Lipinski definition) is 2. The lowest BCUT2D eigenvalue weighted by Gasteiger charge is -2.21. The SMILES string of the molecule is CC(CC(=O)O)NCCCN(C)C(C)C. The number of hydrogen-bond acceptors (Lipinski definition) is 3. The minimum absolute atomic E-state index is 0.0619. The van der Waals surface area contributed by atoms with E-state index in [1.165, 1.54) is 0 Å². The van der Waals surface area contributed by atoms with Gasteiger partial charge in [-0.1, -0.05) is 0 Å². The molecule has 0 radical (unpaired) electrons. The number of nitrogens with one attached hydrogen (secondary N) is 1. The number of carboxylic acid groups (broad SMARTS) is 1. The van der Waals surface area contributed by atoms with Crippen LogP contribution in [0.3, 0.4) is 0 Å². The molecule has 15 heavy (non-hydrogen) atoms. The van der Waals surface area contributed by atoms with Crippen LogP contribution in [0.5, 0.6) is 0 Å². The van der Waals surface area contributed by atoms with E-state index in [1.54, 1.807) is 0 Å². The van der Waals surface area contributed by atoms with Crippen molar-refractivity contribution in [2.75, 3.05) is 20.1 Å². The summed E-state index contributed by atoms with van der Waals surface area (Å²) in [5.74, 6) is -0.741. The normalized spacial score (nSPS) is 13.5. The number of rotatable bonds is 8. The minimum atomic E-state index is -0.741. The van der Waals surface area contributed by atoms with Crippen molar-refractivity contribution < 1.29 is 9.90 Å². The zero-order valence-corrected chi connectivity index (χ0v) is 10.3. The summed E-state index contributed by atoms with van der Waals surface area (Å²) < 4.78 is 0. The first-order valence-corrected chi connectivity index (χ1v) is 5.59. The molecule has 0 saturated carbocycles. The predicted octanol–water partition coefficient (Wildman–Crippen LogP) is 1.17. The molecular weight excluding hydrogens is 192 g/mol. The molecule has 4 nitrogen and oxygen atoms in total. The van der Waals surface area contributed by atoms with Crippen LogP contribution in [0.15, 0.2) is 0 Å². The van der Waals surface area contributed by atoms with Crippen molar-refractivity contribution in [3.8, 4) is 0 Å². The van der Waals surface area contributed by atoms with Crippen molar-refractivity contribution >= 4 is 5.97 Å². The van der Waals surface area contributed by atoms with Gasteiger partial charge in [-0.2, -0.15) is 0 Å². The fourth-order valence-electron chi connectivity index (χ4n) is 1.27. The van der Waals surface area contributed by atoms with Crippen molar-refractivity contribution in [2.24, 2.45) is 0 Å². The van der Waals surface area contributed by atoms with Crippen molar-refractivity contribution in [1.82, 2.24) is 10.2 Å². The third-order valence-corrected chi connectivity index (χ3v) is 2.54. The summed E-state index contributed by atoms with van der Waals surface area (Å²) in [5.41, 5.74) is 0. The Morgan fingerprint density at radius 1 is 1.40 bits per heavy atom. The molecular formula is C11H24N2O2. The molecule has 0 aliphatic rings. The van der Waals surface area contributed by atoms with E-state index in [9.17, 15) is 4.79 Å². The Labute approximate surface area is 92.7 Å². The van der Waals surface area contributed by atoms with Gasteiger partial charge in [-0.15, -0.1) is 0 Å². The average molecular weight is 216 g/mol. The van der Waals surface area contributed by atoms with E-state index in [-0.39, 0.29) is 12.5 Å². The van der Waals surface area contributed by atoms with Gasteiger partial charge in [0.15, 0.2) is 0 Å². The van der Waals surface area contributed by atoms with Crippen LogP contribution in [0.4, 0.5) is 0 Å². The van der Waals surface area contributed by atoms with Crippen LogP contribution in [0.2, 0.25) is 0 Å². The maximum absolute atomic E-state index is 10.4. The van der Waals surface area contributed by atoms with Gasteiger partial charge in [-0.3, -0.25) is 4.79 Å². The lowest BCUT2D eigenvalue weighted by molar-refractivity contribution is -0.137. The summed E-state index contributed by atoms with van der Waals surface area (Å²) in [7, 11) is 2.10. The van der Waals surface area contributed by atoms with Crippen molar-refractivity contribution in [1.29, 1.82) is 0 Å². The summed E-state index contributed by atoms with van der Waals surface area (Å²) in [6, 6.07) is 0.633. The van der Waals surface area contributed by atoms with Gasteiger partial charge in [0, 0.05) is 12.1 Å². The Morgan fingerprint density at radius 3 is 2.47 bits per heavy atom. The van der Waals surface area contributed by atoms with Gasteiger partial charge < -0.3 is 15.3 Å². The zero-order chi connectivity index (χ0) is 11.8. The first kappa shape index (κ1) is 14.4. The molecule has 1 unspecified atom stereocenters. The van der Waals surface area contributed by atoms with Crippen LogP contribution >= 0.6 is 0 Å². The maximum atomic E-state index is 10.4. The van der Waals surface area contributed by atoms with E-state index in [0.717, 1.165) is 19.5 Å². The van der Waals surface area contributed by atoms with Crippen LogP contribution in [0.1, 0.15) is 33.6 Å². The molecule has 0 aromatic rings. The predicted molar refractivity (Wildman–Crippen MR) is 62.1 cm³/mol. The van der Waals surface area contributed by atoms with Gasteiger partial charge >= 0.3 is 5.97 Å². The summed E-state index contributed by atoms with van der Waals surface area (Å²) >= 11 is 0. The number of carboxylic acids is 1. The van der Waals surface area contributed by atoms with Crippen LogP contribution in [0.25, 0.3) is 0 Å². The van der Waals surface area contributed by atoms with Crippen LogP contribution in [-0.2, 0) is 4.79 Å². The Bertz CT molecular complexity index is 183. The van der Waals surface area contributed by atoms with Crippen LogP contribution in [0, 0.1) is 0 Å². The zero-order valence-electron chi connectivity index (χ0n) is 10.3. The lowest BCUT2D eigenvalue weighted by atomic mass is 10.2. The Hall–Kier alpha value is -0.610. The van der Waals surface area contributed by atoms with Crippen LogP contribution < -0.4 is 5.32 Å². The van der Waals surface area contributed by atoms with Gasteiger partial charge in [0.05, 0.1) is 6.42 Å². The van der Waals surface area contributed by atoms with E-state index < -0.39 is 5.97 Å². The first-order valence-electron chi connectivity index (χ1n) is 5.59. The molecule has 2 N–H and O–H groups in total. The Balaban J connectivity index is 3.42. The summed E-state index contributed by atoms with van der Waals surface area (Å²) in [5, 5.41) is 11.8. The summed E-state index contributed by atoms with van der Waals surface area (Å²) in [6.45, 7) is 8.16. The fourth-order valence-corrected chi connectivity index (χ4v) is 1.27. The van der Waals surface area contributed by atoms with E-state index in [2.05, 4.69) is 31.1 Å². The molecule has 4 heteroatoms. The molecule has 0 amide bonds. The largest absolute Gasteiger partial charge is 0.481 e. The third kappa shape index (κ3) is 8.39. The molecule has 0 spiro atoms. The highest BCUT2D eigenvalue weighted by Crippen LogP contribution is 1.95. The van der Waals surface area contributed by atoms with Crippen molar-refractivity contribution in [3.63, 3.8) is 0 Å². The van der Waals surface area contributed by atoms with Crippen molar-refractivity contribution in [3.05, 3.63) is 0 Å². The smallest absolute Gasteiger partial charge is 0.304 e. The minimum Gasteiger partial charge on any atom is -0.481 e. The van der Waals surface area contributed by atoms with Crippen LogP contribution in [-0.4, -0.2) is 48.2 Å². The highest BCUT2D eigenvalue weighted by molar-refractivity contribution is 5.67. The molecule has 90 valence electrons. The molecule has 0 aliphatic heterocycles. The quantitative estimate of drug-likeness (QED) is 0.598. The second-order valence-electron chi connectivity index (χ2n) is 4.38. The molecule has 0 fully saturated rings. The molecule has 1 atom stereocenters. The molecule has 0 aliphatic carbocycles. The van der Waals surface area contributed by atoms with E-state index in [1.807, 2.05) is 6.92 Å². The second kappa shape index (κ2) is 7.65. The van der Waals surface area contributed by atoms with E-state index in [0.29, 0.717) is 6.04 Å². The standard InChI is InChI=1S/C11H24N2O2/c1-9(2)13(4)7-5-6-12-10(3)8-11(14)15/h9-10,12H,5-8H2,1-4H3,(H,14,15). The number of carbonyl (C=O) groups is 1. The topological polar surface area (TPSA) is 52.6 Å². The molecule has 0 aromatic heterocycles. The summed E-state index contributed by atoms with van der Waals surface area (Å²) in [6.07, 6.45) is 1.25. The summed E-state index contributed by atoms with van der Waals surface area (Å²) in [4.78, 5) is 12.7. The van der Waals surface area contributed by atoms with E-state index in [4.69, 9.17) is 5.11 Å². The third-order valence-electron chi connectivity index (χ3n) is 2.54. The second-order valence-corrected chi connectivity index (χ2v) is 4.38. The van der Waals surface area contributed by atoms with Gasteiger partial charge in [0.25, 0.3) is 0 Å². The average Bonchev–Trinajstić information content (AvgIpc) is 2.10. The monoisotopic (exact) mass is 216 g/mol. The number of nitrogens with zero attached hydrogens (tertiary/aromatic N) is 1. The highest BCUT2D eigenvalue weighted by atomic mass is 16.4. The maximum Gasteiger partial charge on any atom is 0.304 e. The van der Waals surface area contributed by atoms with E-state index >= 15 is 0 Å². The molecule has 0 rings (SSSR count). The van der Waals surface area contributed by atoms with Gasteiger partial charge in [-0.05, 0) is 47.3 Å². The molecule has 0 heterocycles. The van der Waals surface area contributed by atoms with Gasteiger partial charge in [0.1, 0.15) is 0 Å². The van der Waals surface area contributed by atoms with Crippen molar-refractivity contribution in [2.45, 2.75) is 45.7 Å². The highest BCUT2D eigenvalue weighted by Gasteiger charge is 2.06. The molecule has 0 saturated heterocycles. The Kier molecular flexibility index (Phi) is 7.34. The molecule has 0 bridgehead atoms.